The first-order chi connectivity index (χ1) is 5.27. The number of aliphatic imine (C=N–C) groups is 1. The molecule has 1 saturated carbocycles. The maximum Gasteiger partial charge on any atom is 0.247 e. The van der Waals surface area contributed by atoms with Crippen molar-refractivity contribution in [1.82, 2.24) is 0 Å². The Bertz CT molecular complexity index is 214. The van der Waals surface area contributed by atoms with E-state index in [-0.39, 0.29) is 23.6 Å². The molecule has 0 radical (unpaired) electrons. The van der Waals surface area contributed by atoms with E-state index in [1.165, 1.54) is 0 Å². The first-order valence-electron chi connectivity index (χ1n) is 4.07. The highest BCUT2D eigenvalue weighted by molar-refractivity contribution is 5.93. The predicted molar refractivity (Wildman–Crippen MR) is 37.9 cm³/mol. The number of nitrogens with zero attached hydrogens (tertiary/aromatic N) is 1. The standard InChI is InChI=1S/C8H11NO2/c10-7-5-1-2-6(4-3-5)8(11)9-7/h5-6H,1-4H2,(H,9,10,11)/p-1. The molecule has 1 amide bonds. The summed E-state index contributed by atoms with van der Waals surface area (Å²) in [6.07, 6.45) is 3.49. The van der Waals surface area contributed by atoms with E-state index in [0.29, 0.717) is 0 Å². The number of amides is 1. The molecule has 0 N–H and O–H groups in total. The molecule has 3 heteroatoms. The van der Waals surface area contributed by atoms with Crippen LogP contribution in [0, 0.1) is 11.8 Å². The van der Waals surface area contributed by atoms with Crippen molar-refractivity contribution in [2.24, 2.45) is 16.8 Å². The highest BCUT2D eigenvalue weighted by Crippen LogP contribution is 2.32. The normalized spacial score (nSPS) is 36.7. The van der Waals surface area contributed by atoms with Crippen LogP contribution in [-0.2, 0) is 4.79 Å². The lowest BCUT2D eigenvalue weighted by Crippen LogP contribution is -2.27. The first-order valence-corrected chi connectivity index (χ1v) is 4.07. The summed E-state index contributed by atoms with van der Waals surface area (Å²) in [4.78, 5) is 14.6. The molecule has 0 aromatic rings. The molecule has 3 nitrogen and oxygen atoms in total. The second kappa shape index (κ2) is 2.32. The van der Waals surface area contributed by atoms with Gasteiger partial charge in [0.15, 0.2) is 0 Å². The average molecular weight is 152 g/mol. The lowest BCUT2D eigenvalue weighted by molar-refractivity contribution is -0.224. The van der Waals surface area contributed by atoms with Crippen molar-refractivity contribution < 1.29 is 9.90 Å². The zero-order valence-electron chi connectivity index (χ0n) is 6.25. The Labute approximate surface area is 65.1 Å². The minimum absolute atomic E-state index is 0.0673. The third kappa shape index (κ3) is 1.04. The average Bonchev–Trinajstić information content (AvgIpc) is 2.22. The Morgan fingerprint density at radius 3 is 2.36 bits per heavy atom. The first kappa shape index (κ1) is 6.83. The quantitative estimate of drug-likeness (QED) is 0.494. The summed E-state index contributed by atoms with van der Waals surface area (Å²) in [7, 11) is 0. The minimum atomic E-state index is -0.171. The molecule has 1 aliphatic carbocycles. The second-order valence-corrected chi connectivity index (χ2v) is 3.34. The fourth-order valence-corrected chi connectivity index (χ4v) is 1.88. The largest absolute Gasteiger partial charge is 0.861 e. The molecule has 11 heavy (non-hydrogen) atoms. The summed E-state index contributed by atoms with van der Waals surface area (Å²) < 4.78 is 0. The number of hydrogen-bond donors (Lipinski definition) is 0. The Morgan fingerprint density at radius 2 is 1.73 bits per heavy atom. The van der Waals surface area contributed by atoms with Crippen molar-refractivity contribution in [1.29, 1.82) is 0 Å². The third-order valence-corrected chi connectivity index (χ3v) is 2.65. The van der Waals surface area contributed by atoms with Gasteiger partial charge in [-0.15, -0.1) is 0 Å². The number of carbonyl (C=O) groups is 1. The van der Waals surface area contributed by atoms with Crippen LogP contribution < -0.4 is 5.11 Å². The number of hydrogen-bond acceptors (Lipinski definition) is 2. The second-order valence-electron chi connectivity index (χ2n) is 3.34. The SMILES string of the molecule is O=C1N=C([O-])C2CCC1CC2. The van der Waals surface area contributed by atoms with Gasteiger partial charge in [-0.25, -0.2) is 4.99 Å². The summed E-state index contributed by atoms with van der Waals surface area (Å²) >= 11 is 0. The van der Waals surface area contributed by atoms with Crippen LogP contribution in [0.2, 0.25) is 0 Å². The Balaban J connectivity index is 2.31. The van der Waals surface area contributed by atoms with E-state index in [1.54, 1.807) is 0 Å². The van der Waals surface area contributed by atoms with Gasteiger partial charge in [0, 0.05) is 5.92 Å². The van der Waals surface area contributed by atoms with E-state index in [1.807, 2.05) is 0 Å². The van der Waals surface area contributed by atoms with Crippen molar-refractivity contribution in [2.45, 2.75) is 25.7 Å². The van der Waals surface area contributed by atoms with Gasteiger partial charge in [0.1, 0.15) is 0 Å². The van der Waals surface area contributed by atoms with E-state index in [9.17, 15) is 9.90 Å². The summed E-state index contributed by atoms with van der Waals surface area (Å²) in [5.41, 5.74) is 0. The van der Waals surface area contributed by atoms with Crippen molar-refractivity contribution in [3.63, 3.8) is 0 Å². The zero-order valence-corrected chi connectivity index (χ0v) is 6.25. The third-order valence-electron chi connectivity index (χ3n) is 2.65. The lowest BCUT2D eigenvalue weighted by atomic mass is 9.83. The van der Waals surface area contributed by atoms with Crippen LogP contribution in [0.1, 0.15) is 25.7 Å². The molecule has 3 rings (SSSR count). The Hall–Kier alpha value is -0.860. The van der Waals surface area contributed by atoms with E-state index in [0.717, 1.165) is 25.7 Å². The molecule has 0 atom stereocenters. The molecular weight excluding hydrogens is 142 g/mol. The molecule has 60 valence electrons. The minimum Gasteiger partial charge on any atom is -0.861 e. The Morgan fingerprint density at radius 1 is 1.18 bits per heavy atom. The van der Waals surface area contributed by atoms with Crippen LogP contribution in [0.15, 0.2) is 4.99 Å². The topological polar surface area (TPSA) is 52.5 Å². The fourth-order valence-electron chi connectivity index (χ4n) is 1.88. The van der Waals surface area contributed by atoms with Gasteiger partial charge in [-0.1, -0.05) is 0 Å². The van der Waals surface area contributed by atoms with Crippen molar-refractivity contribution in [3.05, 3.63) is 0 Å². The molecule has 0 aromatic carbocycles. The molecule has 0 saturated heterocycles. The van der Waals surface area contributed by atoms with Crippen LogP contribution >= 0.6 is 0 Å². The van der Waals surface area contributed by atoms with Crippen molar-refractivity contribution >= 4 is 11.8 Å². The molecule has 2 heterocycles. The predicted octanol–water partition coefficient (Wildman–Crippen LogP) is 0.0918. The number of carbonyl (C=O) groups excluding carboxylic acids is 1. The smallest absolute Gasteiger partial charge is 0.247 e. The van der Waals surface area contributed by atoms with Crippen LogP contribution in [-0.4, -0.2) is 11.8 Å². The van der Waals surface area contributed by atoms with E-state index in [4.69, 9.17) is 0 Å². The summed E-state index contributed by atoms with van der Waals surface area (Å²) in [5, 5.41) is 11.1. The molecule has 1 fully saturated rings. The molecule has 2 aliphatic heterocycles. The van der Waals surface area contributed by atoms with Gasteiger partial charge < -0.3 is 5.11 Å². The highest BCUT2D eigenvalue weighted by Gasteiger charge is 2.29. The van der Waals surface area contributed by atoms with E-state index in [2.05, 4.69) is 4.99 Å². The van der Waals surface area contributed by atoms with Gasteiger partial charge >= 0.3 is 0 Å². The van der Waals surface area contributed by atoms with Gasteiger partial charge in [-0.3, -0.25) is 4.79 Å². The maximum atomic E-state index is 11.1. The molecule has 0 spiro atoms. The molecule has 3 aliphatic rings. The zero-order chi connectivity index (χ0) is 7.84. The molecule has 0 aromatic heterocycles. The monoisotopic (exact) mass is 152 g/mol. The molecule has 0 unspecified atom stereocenters. The van der Waals surface area contributed by atoms with E-state index < -0.39 is 0 Å². The van der Waals surface area contributed by atoms with Gasteiger partial charge in [0.05, 0.1) is 0 Å². The van der Waals surface area contributed by atoms with Gasteiger partial charge in [0.25, 0.3) is 0 Å². The van der Waals surface area contributed by atoms with Gasteiger partial charge in [-0.2, -0.15) is 0 Å². The summed E-state index contributed by atoms with van der Waals surface area (Å²) in [6.45, 7) is 0. The van der Waals surface area contributed by atoms with E-state index >= 15 is 0 Å². The summed E-state index contributed by atoms with van der Waals surface area (Å²) in [5.74, 6) is -0.208. The van der Waals surface area contributed by atoms with Crippen LogP contribution in [0.25, 0.3) is 0 Å². The van der Waals surface area contributed by atoms with Gasteiger partial charge in [0.2, 0.25) is 5.91 Å². The maximum absolute atomic E-state index is 11.1. The molecule has 2 bridgehead atoms. The van der Waals surface area contributed by atoms with Crippen LogP contribution in [0.5, 0.6) is 0 Å². The summed E-state index contributed by atoms with van der Waals surface area (Å²) in [6, 6.07) is 0. The highest BCUT2D eigenvalue weighted by atomic mass is 16.3. The van der Waals surface area contributed by atoms with Crippen molar-refractivity contribution in [2.75, 3.05) is 0 Å². The Kier molecular flexibility index (Phi) is 1.44. The lowest BCUT2D eigenvalue weighted by Gasteiger charge is -2.24. The molecular formula is C8H10NO2-. The van der Waals surface area contributed by atoms with Crippen LogP contribution in [0.3, 0.4) is 0 Å². The van der Waals surface area contributed by atoms with Crippen molar-refractivity contribution in [3.8, 4) is 0 Å². The number of fused-ring (bicyclic) bond motifs is 3. The fraction of sp³-hybridized carbons (Fsp3) is 0.750. The number of rotatable bonds is 0. The van der Waals surface area contributed by atoms with Crippen LogP contribution in [0.4, 0.5) is 0 Å². The van der Waals surface area contributed by atoms with Gasteiger partial charge in [-0.05, 0) is 37.5 Å².